The summed E-state index contributed by atoms with van der Waals surface area (Å²) < 4.78 is 10.8. The van der Waals surface area contributed by atoms with E-state index in [0.29, 0.717) is 18.4 Å². The Kier molecular flexibility index (Phi) is 4.66. The first-order valence-corrected chi connectivity index (χ1v) is 6.60. The average molecular weight is 289 g/mol. The van der Waals surface area contributed by atoms with Gasteiger partial charge < -0.3 is 20.5 Å². The highest BCUT2D eigenvalue weighted by Gasteiger charge is 2.25. The molecule has 2 aromatic rings. The maximum atomic E-state index is 5.75. The van der Waals surface area contributed by atoms with Crippen molar-refractivity contribution in [1.29, 1.82) is 0 Å². The minimum atomic E-state index is -1.03. The molecule has 0 bridgehead atoms. The molecule has 112 valence electrons. The quantitative estimate of drug-likeness (QED) is 0.784. The number of nitrogen functional groups attached to an aromatic ring is 1. The molecule has 0 aliphatic heterocycles. The van der Waals surface area contributed by atoms with E-state index in [2.05, 4.69) is 20.3 Å². The van der Waals surface area contributed by atoms with Crippen molar-refractivity contribution in [2.45, 2.75) is 19.8 Å². The number of hydrogen-bond acceptors (Lipinski definition) is 7. The Balaban J connectivity index is 2.31. The summed E-state index contributed by atoms with van der Waals surface area (Å²) in [5.74, 6) is -0.128. The predicted octanol–water partition coefficient (Wildman–Crippen LogP) is 1.89. The van der Waals surface area contributed by atoms with Gasteiger partial charge in [-0.15, -0.1) is 0 Å². The fraction of sp³-hybridized carbons (Fsp3) is 0.357. The number of methoxy groups -OCH3 is 1. The molecule has 0 spiro atoms. The Bertz CT molecular complexity index is 593. The first kappa shape index (κ1) is 15.1. The number of nitrogens with one attached hydrogen (secondary N) is 1. The van der Waals surface area contributed by atoms with Gasteiger partial charge in [0.2, 0.25) is 17.8 Å². The van der Waals surface area contributed by atoms with E-state index < -0.39 is 5.91 Å². The number of benzene rings is 1. The van der Waals surface area contributed by atoms with Crippen molar-refractivity contribution in [2.24, 2.45) is 0 Å². The number of hydrogen-bond donors (Lipinski definition) is 2. The van der Waals surface area contributed by atoms with E-state index in [0.717, 1.165) is 5.56 Å². The zero-order valence-electron chi connectivity index (χ0n) is 12.3. The van der Waals surface area contributed by atoms with E-state index in [9.17, 15) is 0 Å². The smallest absolute Gasteiger partial charge is 0.248 e. The van der Waals surface area contributed by atoms with Crippen molar-refractivity contribution in [1.82, 2.24) is 15.0 Å². The number of rotatable bonds is 6. The number of anilines is 2. The van der Waals surface area contributed by atoms with Crippen LogP contribution in [0.15, 0.2) is 30.3 Å². The van der Waals surface area contributed by atoms with Crippen molar-refractivity contribution in [3.05, 3.63) is 30.3 Å². The molecule has 1 atom stereocenters. The lowest BCUT2D eigenvalue weighted by Gasteiger charge is -2.28. The second-order valence-corrected chi connectivity index (χ2v) is 4.41. The summed E-state index contributed by atoms with van der Waals surface area (Å²) in [6, 6.07) is 9.53. The van der Waals surface area contributed by atoms with Crippen LogP contribution < -0.4 is 11.1 Å². The molecule has 0 saturated carbocycles. The standard InChI is InChI=1S/C14H19N5O2/c1-4-21-14(2,20-3)19-13-17-11(16-12(15)18-13)10-8-6-5-7-9-10/h5-9H,4H2,1-3H3,(H3,15,16,17,18,19). The Labute approximate surface area is 123 Å². The van der Waals surface area contributed by atoms with E-state index in [1.54, 1.807) is 6.92 Å². The van der Waals surface area contributed by atoms with Crippen molar-refractivity contribution in [3.8, 4) is 11.4 Å². The van der Waals surface area contributed by atoms with Gasteiger partial charge in [-0.25, -0.2) is 0 Å². The normalized spacial score (nSPS) is 13.7. The van der Waals surface area contributed by atoms with Crippen molar-refractivity contribution in [2.75, 3.05) is 24.8 Å². The third kappa shape index (κ3) is 3.87. The van der Waals surface area contributed by atoms with Crippen molar-refractivity contribution >= 4 is 11.9 Å². The van der Waals surface area contributed by atoms with Crippen LogP contribution in [0.4, 0.5) is 11.9 Å². The third-order valence-electron chi connectivity index (χ3n) is 2.83. The van der Waals surface area contributed by atoms with E-state index in [4.69, 9.17) is 15.2 Å². The molecule has 0 amide bonds. The summed E-state index contributed by atoms with van der Waals surface area (Å²) in [6.07, 6.45) is 0. The van der Waals surface area contributed by atoms with E-state index in [1.165, 1.54) is 7.11 Å². The number of ether oxygens (including phenoxy) is 2. The summed E-state index contributed by atoms with van der Waals surface area (Å²) in [5.41, 5.74) is 6.60. The largest absolute Gasteiger partial charge is 0.368 e. The van der Waals surface area contributed by atoms with Gasteiger partial charge in [0.1, 0.15) is 0 Å². The average Bonchev–Trinajstić information content (AvgIpc) is 2.48. The van der Waals surface area contributed by atoms with Gasteiger partial charge in [-0.2, -0.15) is 15.0 Å². The van der Waals surface area contributed by atoms with Gasteiger partial charge in [-0.05, 0) is 6.92 Å². The Morgan fingerprint density at radius 1 is 1.19 bits per heavy atom. The molecule has 7 heteroatoms. The molecule has 1 unspecified atom stereocenters. The molecule has 3 N–H and O–H groups in total. The molecule has 0 radical (unpaired) electrons. The van der Waals surface area contributed by atoms with Crippen LogP contribution in [-0.2, 0) is 9.47 Å². The van der Waals surface area contributed by atoms with Crippen LogP contribution in [0.2, 0.25) is 0 Å². The van der Waals surface area contributed by atoms with Crippen molar-refractivity contribution in [3.63, 3.8) is 0 Å². The first-order valence-electron chi connectivity index (χ1n) is 6.60. The van der Waals surface area contributed by atoms with Crippen LogP contribution in [0.1, 0.15) is 13.8 Å². The Morgan fingerprint density at radius 2 is 1.90 bits per heavy atom. The highest BCUT2D eigenvalue weighted by molar-refractivity contribution is 5.57. The van der Waals surface area contributed by atoms with Gasteiger partial charge in [-0.3, -0.25) is 0 Å². The fourth-order valence-corrected chi connectivity index (χ4v) is 1.79. The summed E-state index contributed by atoms with van der Waals surface area (Å²) >= 11 is 0. The van der Waals surface area contributed by atoms with Gasteiger partial charge in [0, 0.05) is 26.2 Å². The molecule has 0 saturated heterocycles. The van der Waals surface area contributed by atoms with E-state index in [-0.39, 0.29) is 5.95 Å². The zero-order chi connectivity index (χ0) is 15.3. The monoisotopic (exact) mass is 289 g/mol. The molecule has 1 aromatic carbocycles. The summed E-state index contributed by atoms with van der Waals surface area (Å²) in [4.78, 5) is 12.5. The minimum Gasteiger partial charge on any atom is -0.368 e. The molecular formula is C14H19N5O2. The second kappa shape index (κ2) is 6.47. The highest BCUT2D eigenvalue weighted by atomic mass is 16.7. The molecule has 0 aliphatic carbocycles. The maximum Gasteiger partial charge on any atom is 0.248 e. The van der Waals surface area contributed by atoms with E-state index in [1.807, 2.05) is 37.3 Å². The third-order valence-corrected chi connectivity index (χ3v) is 2.83. The molecular weight excluding hydrogens is 270 g/mol. The fourth-order valence-electron chi connectivity index (χ4n) is 1.79. The predicted molar refractivity (Wildman–Crippen MR) is 80.3 cm³/mol. The maximum absolute atomic E-state index is 5.75. The second-order valence-electron chi connectivity index (χ2n) is 4.41. The summed E-state index contributed by atoms with van der Waals surface area (Å²) in [5, 5.41) is 2.97. The van der Waals surface area contributed by atoms with Crippen LogP contribution in [-0.4, -0.2) is 34.6 Å². The Hall–Kier alpha value is -2.25. The molecule has 7 nitrogen and oxygen atoms in total. The van der Waals surface area contributed by atoms with Gasteiger partial charge in [-0.1, -0.05) is 30.3 Å². The summed E-state index contributed by atoms with van der Waals surface area (Å²) in [6.45, 7) is 4.08. The van der Waals surface area contributed by atoms with Crippen LogP contribution in [0.25, 0.3) is 11.4 Å². The molecule has 21 heavy (non-hydrogen) atoms. The number of nitrogens with two attached hydrogens (primary N) is 1. The highest BCUT2D eigenvalue weighted by Crippen LogP contribution is 2.19. The zero-order valence-corrected chi connectivity index (χ0v) is 12.3. The lowest BCUT2D eigenvalue weighted by atomic mass is 10.2. The molecule has 2 rings (SSSR count). The molecule has 0 fully saturated rings. The van der Waals surface area contributed by atoms with Crippen LogP contribution in [0.5, 0.6) is 0 Å². The molecule has 1 heterocycles. The lowest BCUT2D eigenvalue weighted by molar-refractivity contribution is -0.186. The van der Waals surface area contributed by atoms with Gasteiger partial charge in [0.25, 0.3) is 0 Å². The SMILES string of the molecule is CCOC(C)(Nc1nc(N)nc(-c2ccccc2)n1)OC. The molecule has 0 aliphatic rings. The first-order chi connectivity index (χ1) is 10.1. The van der Waals surface area contributed by atoms with Gasteiger partial charge in [0.05, 0.1) is 0 Å². The van der Waals surface area contributed by atoms with Gasteiger partial charge >= 0.3 is 0 Å². The van der Waals surface area contributed by atoms with Crippen LogP contribution >= 0.6 is 0 Å². The van der Waals surface area contributed by atoms with E-state index >= 15 is 0 Å². The minimum absolute atomic E-state index is 0.126. The van der Waals surface area contributed by atoms with Crippen molar-refractivity contribution < 1.29 is 9.47 Å². The topological polar surface area (TPSA) is 95.2 Å². The Morgan fingerprint density at radius 3 is 2.52 bits per heavy atom. The molecule has 1 aromatic heterocycles. The van der Waals surface area contributed by atoms with Crippen LogP contribution in [0, 0.1) is 0 Å². The number of nitrogens with zero attached hydrogens (tertiary/aromatic N) is 3. The van der Waals surface area contributed by atoms with Gasteiger partial charge in [0.15, 0.2) is 5.82 Å². The van der Waals surface area contributed by atoms with Crippen LogP contribution in [0.3, 0.4) is 0 Å². The lowest BCUT2D eigenvalue weighted by Crippen LogP contribution is -2.40. The summed E-state index contributed by atoms with van der Waals surface area (Å²) in [7, 11) is 1.53. The number of aromatic nitrogens is 3.